The number of nitrogens with zero attached hydrogens (tertiary/aromatic N) is 1. The predicted molar refractivity (Wildman–Crippen MR) is 92.1 cm³/mol. The number of fused-ring (bicyclic) bond motifs is 1. The average molecular weight is 344 g/mol. The molecule has 1 atom stereocenters. The number of imide groups is 1. The van der Waals surface area contributed by atoms with Gasteiger partial charge in [-0.15, -0.1) is 0 Å². The van der Waals surface area contributed by atoms with Crippen molar-refractivity contribution in [2.45, 2.75) is 32.4 Å². The van der Waals surface area contributed by atoms with Crippen LogP contribution in [0, 0.1) is 0 Å². The molecule has 4 N–H and O–H groups in total. The minimum atomic E-state index is -0.444. The number of H-pyrrole nitrogens is 1. The lowest BCUT2D eigenvalue weighted by Crippen LogP contribution is -3.11. The van der Waals surface area contributed by atoms with E-state index in [1.165, 1.54) is 0 Å². The summed E-state index contributed by atoms with van der Waals surface area (Å²) in [5.74, 6) is 0.175. The van der Waals surface area contributed by atoms with E-state index in [-0.39, 0.29) is 24.1 Å². The molecule has 0 bridgehead atoms. The first-order valence-electron chi connectivity index (χ1n) is 8.47. The topological polar surface area (TPSA) is 108 Å². The van der Waals surface area contributed by atoms with Crippen LogP contribution < -0.4 is 21.1 Å². The van der Waals surface area contributed by atoms with Crippen LogP contribution >= 0.6 is 0 Å². The number of benzene rings is 1. The highest BCUT2D eigenvalue weighted by Gasteiger charge is 2.24. The first kappa shape index (κ1) is 17.1. The van der Waals surface area contributed by atoms with Gasteiger partial charge < -0.3 is 15.2 Å². The molecule has 1 aliphatic rings. The SMILES string of the molecule is CC[NH+](CC(=O)NC(=O)NC1CC1)Cc1nc2ccccc2c(=O)[nH]1. The average Bonchev–Trinajstić information content (AvgIpc) is 3.38. The Morgan fingerprint density at radius 1 is 1.32 bits per heavy atom. The van der Waals surface area contributed by atoms with Crippen molar-refractivity contribution >= 4 is 22.8 Å². The van der Waals surface area contributed by atoms with E-state index in [0.717, 1.165) is 17.7 Å². The van der Waals surface area contributed by atoms with Gasteiger partial charge in [0.15, 0.2) is 12.4 Å². The van der Waals surface area contributed by atoms with Gasteiger partial charge in [-0.1, -0.05) is 12.1 Å². The second-order valence-corrected chi connectivity index (χ2v) is 6.28. The monoisotopic (exact) mass is 344 g/mol. The summed E-state index contributed by atoms with van der Waals surface area (Å²) < 4.78 is 0. The summed E-state index contributed by atoms with van der Waals surface area (Å²) in [6, 6.07) is 6.89. The van der Waals surface area contributed by atoms with Crippen molar-refractivity contribution in [3.8, 4) is 0 Å². The molecule has 8 heteroatoms. The third-order valence-corrected chi connectivity index (χ3v) is 4.16. The van der Waals surface area contributed by atoms with E-state index in [0.29, 0.717) is 29.8 Å². The molecule has 1 unspecified atom stereocenters. The molecule has 0 spiro atoms. The number of carbonyl (C=O) groups is 2. The number of aromatic nitrogens is 2. The fraction of sp³-hybridized carbons (Fsp3) is 0.412. The summed E-state index contributed by atoms with van der Waals surface area (Å²) >= 11 is 0. The van der Waals surface area contributed by atoms with Gasteiger partial charge in [-0.2, -0.15) is 0 Å². The molecule has 3 amide bonds. The van der Waals surface area contributed by atoms with E-state index < -0.39 is 6.03 Å². The van der Waals surface area contributed by atoms with Gasteiger partial charge in [-0.25, -0.2) is 9.78 Å². The number of likely N-dealkylation sites (N-methyl/N-ethyl adjacent to an activating group) is 1. The maximum Gasteiger partial charge on any atom is 0.321 e. The van der Waals surface area contributed by atoms with Crippen LogP contribution in [0.15, 0.2) is 29.1 Å². The van der Waals surface area contributed by atoms with Crippen molar-refractivity contribution < 1.29 is 14.5 Å². The number of para-hydroxylation sites is 1. The molecule has 1 heterocycles. The number of hydrogen-bond donors (Lipinski definition) is 4. The van der Waals surface area contributed by atoms with Gasteiger partial charge in [-0.05, 0) is 31.9 Å². The van der Waals surface area contributed by atoms with E-state index >= 15 is 0 Å². The molecule has 0 radical (unpaired) electrons. The Morgan fingerprint density at radius 2 is 2.08 bits per heavy atom. The molecular weight excluding hydrogens is 322 g/mol. The summed E-state index contributed by atoms with van der Waals surface area (Å²) in [5, 5.41) is 5.59. The van der Waals surface area contributed by atoms with Gasteiger partial charge in [0, 0.05) is 6.04 Å². The van der Waals surface area contributed by atoms with Crippen molar-refractivity contribution in [2.75, 3.05) is 13.1 Å². The normalized spacial score (nSPS) is 14.9. The lowest BCUT2D eigenvalue weighted by molar-refractivity contribution is -0.904. The molecule has 1 fully saturated rings. The molecule has 2 aromatic rings. The fourth-order valence-electron chi connectivity index (χ4n) is 2.61. The third-order valence-electron chi connectivity index (χ3n) is 4.16. The van der Waals surface area contributed by atoms with Crippen LogP contribution in [0.2, 0.25) is 0 Å². The Kier molecular flexibility index (Phi) is 5.08. The Hall–Kier alpha value is -2.74. The molecule has 0 saturated heterocycles. The van der Waals surface area contributed by atoms with Crippen molar-refractivity contribution in [1.29, 1.82) is 0 Å². The number of aromatic amines is 1. The lowest BCUT2D eigenvalue weighted by Gasteiger charge is -2.16. The van der Waals surface area contributed by atoms with Gasteiger partial charge in [0.2, 0.25) is 0 Å². The lowest BCUT2D eigenvalue weighted by atomic mass is 10.2. The van der Waals surface area contributed by atoms with Crippen LogP contribution in [0.1, 0.15) is 25.6 Å². The molecule has 1 saturated carbocycles. The second kappa shape index (κ2) is 7.43. The Morgan fingerprint density at radius 3 is 2.80 bits per heavy atom. The largest absolute Gasteiger partial charge is 0.335 e. The quantitative estimate of drug-likeness (QED) is 0.556. The second-order valence-electron chi connectivity index (χ2n) is 6.28. The zero-order valence-electron chi connectivity index (χ0n) is 14.1. The standard InChI is InChI=1S/C17H21N5O3/c1-2-22(10-15(23)21-17(25)18-11-7-8-11)9-14-19-13-6-4-3-5-12(13)16(24)20-14/h3-6,11H,2,7-10H2,1H3,(H,19,20,24)(H2,18,21,23,25)/p+1. The van der Waals surface area contributed by atoms with E-state index in [4.69, 9.17) is 0 Å². The molecule has 132 valence electrons. The Labute approximate surface area is 144 Å². The number of quaternary nitrogens is 1. The molecule has 0 aliphatic heterocycles. The first-order chi connectivity index (χ1) is 12.0. The number of rotatable bonds is 6. The minimum Gasteiger partial charge on any atom is -0.335 e. The number of nitrogens with one attached hydrogen (secondary N) is 4. The smallest absolute Gasteiger partial charge is 0.321 e. The van der Waals surface area contributed by atoms with Crippen LogP contribution in [0.3, 0.4) is 0 Å². The van der Waals surface area contributed by atoms with Gasteiger partial charge in [-0.3, -0.25) is 14.9 Å². The van der Waals surface area contributed by atoms with Crippen LogP contribution in [-0.2, 0) is 11.3 Å². The highest BCUT2D eigenvalue weighted by molar-refractivity contribution is 5.94. The van der Waals surface area contributed by atoms with Crippen molar-refractivity contribution in [2.24, 2.45) is 0 Å². The zero-order valence-corrected chi connectivity index (χ0v) is 14.1. The number of urea groups is 1. The van der Waals surface area contributed by atoms with E-state index in [1.807, 2.05) is 13.0 Å². The summed E-state index contributed by atoms with van der Waals surface area (Å²) in [4.78, 5) is 43.8. The molecule has 3 rings (SSSR count). The van der Waals surface area contributed by atoms with Gasteiger partial charge in [0.1, 0.15) is 6.54 Å². The van der Waals surface area contributed by atoms with Crippen LogP contribution in [0.4, 0.5) is 4.79 Å². The molecule has 1 aromatic carbocycles. The number of carbonyl (C=O) groups excluding carboxylic acids is 2. The fourth-order valence-corrected chi connectivity index (χ4v) is 2.61. The minimum absolute atomic E-state index is 0.130. The maximum absolute atomic E-state index is 12.1. The van der Waals surface area contributed by atoms with E-state index in [1.54, 1.807) is 18.2 Å². The van der Waals surface area contributed by atoms with Crippen molar-refractivity contribution in [1.82, 2.24) is 20.6 Å². The molecule has 8 nitrogen and oxygen atoms in total. The summed E-state index contributed by atoms with van der Waals surface area (Å²) in [5.41, 5.74) is 0.439. The van der Waals surface area contributed by atoms with Crippen LogP contribution in [0.25, 0.3) is 10.9 Å². The van der Waals surface area contributed by atoms with E-state index in [9.17, 15) is 14.4 Å². The van der Waals surface area contributed by atoms with Gasteiger partial charge >= 0.3 is 6.03 Å². The highest BCUT2D eigenvalue weighted by Crippen LogP contribution is 2.18. The third kappa shape index (κ3) is 4.63. The summed E-state index contributed by atoms with van der Waals surface area (Å²) in [6.45, 7) is 3.12. The van der Waals surface area contributed by atoms with Crippen molar-refractivity contribution in [3.63, 3.8) is 0 Å². The van der Waals surface area contributed by atoms with Crippen LogP contribution in [-0.4, -0.2) is 41.0 Å². The number of amides is 3. The zero-order chi connectivity index (χ0) is 17.8. The van der Waals surface area contributed by atoms with Gasteiger partial charge in [0.25, 0.3) is 11.5 Å². The molecular formula is C17H22N5O3+. The Balaban J connectivity index is 1.62. The molecule has 1 aliphatic carbocycles. The first-order valence-corrected chi connectivity index (χ1v) is 8.47. The maximum atomic E-state index is 12.1. The highest BCUT2D eigenvalue weighted by atomic mass is 16.2. The summed E-state index contributed by atoms with van der Waals surface area (Å²) in [6.07, 6.45) is 1.93. The summed E-state index contributed by atoms with van der Waals surface area (Å²) in [7, 11) is 0. The number of hydrogen-bond acceptors (Lipinski definition) is 4. The Bertz CT molecular complexity index is 844. The van der Waals surface area contributed by atoms with Crippen molar-refractivity contribution in [3.05, 3.63) is 40.4 Å². The van der Waals surface area contributed by atoms with Crippen LogP contribution in [0.5, 0.6) is 0 Å². The predicted octanol–water partition coefficient (Wildman–Crippen LogP) is -0.684. The molecule has 1 aromatic heterocycles. The van der Waals surface area contributed by atoms with Gasteiger partial charge in [0.05, 0.1) is 17.4 Å². The van der Waals surface area contributed by atoms with E-state index in [2.05, 4.69) is 20.6 Å². The molecule has 25 heavy (non-hydrogen) atoms.